The van der Waals surface area contributed by atoms with Gasteiger partial charge in [0.15, 0.2) is 0 Å². The minimum Gasteiger partial charge on any atom is -0.314 e. The molecule has 2 aliphatic rings. The molecule has 3 rings (SSSR count). The molecule has 176 valence electrons. The predicted octanol–water partition coefficient (Wildman–Crippen LogP) is 6.37. The Kier molecular flexibility index (Phi) is 13.7. The van der Waals surface area contributed by atoms with E-state index in [4.69, 9.17) is 0 Å². The van der Waals surface area contributed by atoms with Crippen LogP contribution in [0.15, 0.2) is 48.6 Å². The van der Waals surface area contributed by atoms with Crippen molar-refractivity contribution in [3.8, 4) is 0 Å². The third-order valence-electron chi connectivity index (χ3n) is 6.39. The Balaban J connectivity index is 0.000000720. The Morgan fingerprint density at radius 1 is 1.10 bits per heavy atom. The van der Waals surface area contributed by atoms with Crippen molar-refractivity contribution in [3.05, 3.63) is 59.7 Å². The smallest absolute Gasteiger partial charge is 0.0555 e. The lowest BCUT2D eigenvalue weighted by molar-refractivity contribution is 0.0479. The standard InChI is InChI=1S/C22H35N3.C4H8.C2H6/c1-5-20-16-23-12-15-25(20)21-10-13-24(14-11-21)22(17(2)3)19-8-6-18(4)7-9-19;1-3-4-2;1-2/h6-9,20-23H,2,5,10-16H2,1,3-4H3;3-4H,1-2H3;1-2H3/b;4-3-;. The molecule has 0 spiro atoms. The SMILES string of the molecule is C/C=C\C.C=C(C)C(c1ccc(C)cc1)N1CCC(N2CCNCC2CC)CC1.CC. The number of piperazine rings is 1. The molecule has 2 saturated heterocycles. The fourth-order valence-corrected chi connectivity index (χ4v) is 4.67. The van der Waals surface area contributed by atoms with Gasteiger partial charge in [-0.3, -0.25) is 9.80 Å². The second kappa shape index (κ2) is 15.4. The van der Waals surface area contributed by atoms with Crippen molar-refractivity contribution in [2.45, 2.75) is 85.9 Å². The van der Waals surface area contributed by atoms with Crippen LogP contribution in [-0.2, 0) is 0 Å². The van der Waals surface area contributed by atoms with E-state index in [-0.39, 0.29) is 0 Å². The maximum absolute atomic E-state index is 4.30. The van der Waals surface area contributed by atoms with Crippen LogP contribution in [0.1, 0.15) is 78.0 Å². The van der Waals surface area contributed by atoms with Crippen LogP contribution in [-0.4, -0.2) is 54.6 Å². The van der Waals surface area contributed by atoms with Gasteiger partial charge < -0.3 is 5.32 Å². The number of rotatable bonds is 5. The van der Waals surface area contributed by atoms with Gasteiger partial charge in [-0.2, -0.15) is 0 Å². The summed E-state index contributed by atoms with van der Waals surface area (Å²) < 4.78 is 0. The molecule has 1 aromatic carbocycles. The third-order valence-corrected chi connectivity index (χ3v) is 6.39. The molecule has 31 heavy (non-hydrogen) atoms. The van der Waals surface area contributed by atoms with Crippen LogP contribution in [0.4, 0.5) is 0 Å². The monoisotopic (exact) mass is 427 g/mol. The average Bonchev–Trinajstić information content (AvgIpc) is 2.82. The first-order valence-corrected chi connectivity index (χ1v) is 12.5. The van der Waals surface area contributed by atoms with Gasteiger partial charge in [0.1, 0.15) is 0 Å². The Morgan fingerprint density at radius 3 is 2.16 bits per heavy atom. The molecule has 3 nitrogen and oxygen atoms in total. The number of allylic oxidation sites excluding steroid dienone is 2. The maximum Gasteiger partial charge on any atom is 0.0555 e. The van der Waals surface area contributed by atoms with Gasteiger partial charge in [0.25, 0.3) is 0 Å². The molecule has 0 aromatic heterocycles. The van der Waals surface area contributed by atoms with Crippen molar-refractivity contribution in [2.75, 3.05) is 32.7 Å². The van der Waals surface area contributed by atoms with Gasteiger partial charge in [0.2, 0.25) is 0 Å². The maximum atomic E-state index is 4.30. The molecule has 0 radical (unpaired) electrons. The number of hydrogen-bond donors (Lipinski definition) is 1. The van der Waals surface area contributed by atoms with Crippen molar-refractivity contribution in [1.82, 2.24) is 15.1 Å². The molecule has 0 aliphatic carbocycles. The van der Waals surface area contributed by atoms with E-state index >= 15 is 0 Å². The molecule has 2 fully saturated rings. The Labute approximate surface area is 193 Å². The summed E-state index contributed by atoms with van der Waals surface area (Å²) in [6, 6.07) is 10.9. The summed E-state index contributed by atoms with van der Waals surface area (Å²) >= 11 is 0. The molecule has 1 N–H and O–H groups in total. The van der Waals surface area contributed by atoms with Gasteiger partial charge in [0.05, 0.1) is 6.04 Å². The van der Waals surface area contributed by atoms with E-state index in [0.717, 1.165) is 25.2 Å². The molecule has 2 heterocycles. The summed E-state index contributed by atoms with van der Waals surface area (Å²) in [5, 5.41) is 3.56. The van der Waals surface area contributed by atoms with Crippen molar-refractivity contribution < 1.29 is 0 Å². The fourth-order valence-electron chi connectivity index (χ4n) is 4.67. The van der Waals surface area contributed by atoms with E-state index in [9.17, 15) is 0 Å². The van der Waals surface area contributed by atoms with E-state index in [1.807, 2.05) is 39.8 Å². The highest BCUT2D eigenvalue weighted by molar-refractivity contribution is 5.29. The zero-order valence-corrected chi connectivity index (χ0v) is 21.5. The molecule has 1 aromatic rings. The van der Waals surface area contributed by atoms with Crippen molar-refractivity contribution in [1.29, 1.82) is 0 Å². The van der Waals surface area contributed by atoms with Gasteiger partial charge in [0, 0.05) is 44.8 Å². The number of piperidine rings is 1. The van der Waals surface area contributed by atoms with Gasteiger partial charge >= 0.3 is 0 Å². The second-order valence-electron chi connectivity index (χ2n) is 8.60. The number of hydrogen-bond acceptors (Lipinski definition) is 3. The topological polar surface area (TPSA) is 18.5 Å². The highest BCUT2D eigenvalue weighted by Crippen LogP contribution is 2.32. The zero-order valence-electron chi connectivity index (χ0n) is 21.5. The summed E-state index contributed by atoms with van der Waals surface area (Å²) in [6.45, 7) is 24.8. The van der Waals surface area contributed by atoms with E-state index < -0.39 is 0 Å². The summed E-state index contributed by atoms with van der Waals surface area (Å²) in [5.74, 6) is 0. The van der Waals surface area contributed by atoms with Crippen molar-refractivity contribution in [3.63, 3.8) is 0 Å². The number of aryl methyl sites for hydroxylation is 1. The molecular weight excluding hydrogens is 378 g/mol. The molecule has 2 atom stereocenters. The third kappa shape index (κ3) is 8.56. The van der Waals surface area contributed by atoms with Crippen LogP contribution in [0, 0.1) is 6.92 Å². The Morgan fingerprint density at radius 2 is 1.68 bits per heavy atom. The Hall–Kier alpha value is -1.42. The first-order valence-electron chi connectivity index (χ1n) is 12.5. The van der Waals surface area contributed by atoms with Crippen LogP contribution >= 0.6 is 0 Å². The highest BCUT2D eigenvalue weighted by Gasteiger charge is 2.32. The number of nitrogens with zero attached hydrogens (tertiary/aromatic N) is 2. The second-order valence-corrected chi connectivity index (χ2v) is 8.60. The lowest BCUT2D eigenvalue weighted by Gasteiger charge is -2.46. The van der Waals surface area contributed by atoms with Gasteiger partial charge in [-0.1, -0.05) is 74.9 Å². The quantitative estimate of drug-likeness (QED) is 0.551. The van der Waals surface area contributed by atoms with Crippen molar-refractivity contribution in [2.24, 2.45) is 0 Å². The first-order chi connectivity index (χ1) is 15.0. The molecular formula is C28H49N3. The summed E-state index contributed by atoms with van der Waals surface area (Å²) in [5.41, 5.74) is 3.98. The predicted molar refractivity (Wildman–Crippen MR) is 139 cm³/mol. The molecule has 2 unspecified atom stereocenters. The normalized spacial score (nSPS) is 21.6. The van der Waals surface area contributed by atoms with Crippen LogP contribution in [0.2, 0.25) is 0 Å². The van der Waals surface area contributed by atoms with Crippen molar-refractivity contribution >= 4 is 0 Å². The number of likely N-dealkylation sites (tertiary alicyclic amines) is 1. The molecule has 3 heteroatoms. The minimum absolute atomic E-state index is 0.367. The lowest BCUT2D eigenvalue weighted by Crippen LogP contribution is -2.57. The summed E-state index contributed by atoms with van der Waals surface area (Å²) in [4.78, 5) is 5.43. The van der Waals surface area contributed by atoms with Gasteiger partial charge in [-0.05, 0) is 52.5 Å². The summed E-state index contributed by atoms with van der Waals surface area (Å²) in [6.07, 6.45) is 7.82. The fraction of sp³-hybridized carbons (Fsp3) is 0.643. The Bertz CT molecular complexity index is 622. The van der Waals surface area contributed by atoms with E-state index in [1.165, 1.54) is 55.6 Å². The molecule has 2 aliphatic heterocycles. The van der Waals surface area contributed by atoms with E-state index in [0.29, 0.717) is 6.04 Å². The van der Waals surface area contributed by atoms with Crippen LogP contribution < -0.4 is 5.32 Å². The molecule has 0 saturated carbocycles. The summed E-state index contributed by atoms with van der Waals surface area (Å²) in [7, 11) is 0. The minimum atomic E-state index is 0.367. The number of nitrogens with one attached hydrogen (secondary N) is 1. The molecule has 0 amide bonds. The van der Waals surface area contributed by atoms with E-state index in [2.05, 4.69) is 66.7 Å². The lowest BCUT2D eigenvalue weighted by atomic mass is 9.93. The van der Waals surface area contributed by atoms with Gasteiger partial charge in [-0.15, -0.1) is 0 Å². The molecule has 0 bridgehead atoms. The average molecular weight is 428 g/mol. The van der Waals surface area contributed by atoms with Crippen LogP contribution in [0.5, 0.6) is 0 Å². The first kappa shape index (κ1) is 27.6. The largest absolute Gasteiger partial charge is 0.314 e. The van der Waals surface area contributed by atoms with Gasteiger partial charge in [-0.25, -0.2) is 0 Å². The van der Waals surface area contributed by atoms with E-state index in [1.54, 1.807) is 0 Å². The van der Waals surface area contributed by atoms with Crippen LogP contribution in [0.25, 0.3) is 0 Å². The highest BCUT2D eigenvalue weighted by atomic mass is 15.3. The number of benzene rings is 1. The zero-order chi connectivity index (χ0) is 23.2. The van der Waals surface area contributed by atoms with Crippen LogP contribution in [0.3, 0.4) is 0 Å².